The number of hydrogen-bond acceptors (Lipinski definition) is 8. The quantitative estimate of drug-likeness (QED) is 0.398. The average Bonchev–Trinajstić information content (AvgIpc) is 3.22. The number of nitrogens with two attached hydrogens (primary N) is 1. The summed E-state index contributed by atoms with van der Waals surface area (Å²) in [5.41, 5.74) is 5.32. The number of Topliss-reactive ketones (excluding diaryl/α,β-unsaturated/α-hetero) is 1. The maximum Gasteiger partial charge on any atom is 0.332 e. The van der Waals surface area contributed by atoms with E-state index in [9.17, 15) is 14.4 Å². The summed E-state index contributed by atoms with van der Waals surface area (Å²) in [6.45, 7) is 0. The summed E-state index contributed by atoms with van der Waals surface area (Å²) in [6, 6.07) is 7.81. The van der Waals surface area contributed by atoms with Gasteiger partial charge in [0.05, 0.1) is 16.0 Å². The SMILES string of the molecule is Cn1c(N)c(C(=O)CSc2nnc3sc4ccccc4n23)c(=O)n(C)c1=O. The topological polar surface area (TPSA) is 117 Å². The number of hydrogen-bond donors (Lipinski definition) is 1. The average molecular weight is 402 g/mol. The molecule has 11 heteroatoms. The van der Waals surface area contributed by atoms with Crippen LogP contribution in [0.15, 0.2) is 39.0 Å². The molecule has 0 aliphatic carbocycles. The van der Waals surface area contributed by atoms with Crippen LogP contribution in [-0.2, 0) is 14.1 Å². The second kappa shape index (κ2) is 6.35. The second-order valence-electron chi connectivity index (χ2n) is 5.85. The number of ketones is 1. The van der Waals surface area contributed by atoms with Crippen LogP contribution >= 0.6 is 23.1 Å². The largest absolute Gasteiger partial charge is 0.384 e. The molecule has 0 spiro atoms. The Morgan fingerprint density at radius 2 is 1.93 bits per heavy atom. The first-order valence-electron chi connectivity index (χ1n) is 7.84. The maximum absolute atomic E-state index is 12.7. The number of nitrogens with zero attached hydrogens (tertiary/aromatic N) is 5. The van der Waals surface area contributed by atoms with E-state index in [0.717, 1.165) is 24.3 Å². The molecule has 27 heavy (non-hydrogen) atoms. The van der Waals surface area contributed by atoms with E-state index in [1.807, 2.05) is 28.7 Å². The van der Waals surface area contributed by atoms with E-state index in [2.05, 4.69) is 10.2 Å². The molecule has 3 aromatic heterocycles. The zero-order valence-corrected chi connectivity index (χ0v) is 16.0. The number of carbonyl (C=O) groups is 1. The summed E-state index contributed by atoms with van der Waals surface area (Å²) >= 11 is 2.67. The van der Waals surface area contributed by atoms with E-state index in [0.29, 0.717) is 5.16 Å². The molecule has 0 radical (unpaired) electrons. The molecule has 3 heterocycles. The molecule has 0 aliphatic rings. The van der Waals surface area contributed by atoms with Crippen LogP contribution in [-0.4, -0.2) is 35.3 Å². The molecule has 4 aromatic rings. The lowest BCUT2D eigenvalue weighted by Gasteiger charge is -2.10. The van der Waals surface area contributed by atoms with Crippen LogP contribution in [0.1, 0.15) is 10.4 Å². The lowest BCUT2D eigenvalue weighted by Crippen LogP contribution is -2.41. The zero-order chi connectivity index (χ0) is 19.3. The number of carbonyl (C=O) groups excluding carboxylic acids is 1. The third-order valence-corrected chi connectivity index (χ3v) is 6.17. The van der Waals surface area contributed by atoms with Gasteiger partial charge in [-0.25, -0.2) is 4.79 Å². The normalized spacial score (nSPS) is 11.5. The fourth-order valence-electron chi connectivity index (χ4n) is 2.77. The Morgan fingerprint density at radius 1 is 1.19 bits per heavy atom. The number of nitrogen functional groups attached to an aromatic ring is 1. The summed E-state index contributed by atoms with van der Waals surface area (Å²) < 4.78 is 4.89. The molecule has 9 nitrogen and oxygen atoms in total. The Balaban J connectivity index is 1.69. The minimum atomic E-state index is -0.700. The molecule has 0 aliphatic heterocycles. The van der Waals surface area contributed by atoms with Crippen molar-refractivity contribution in [2.75, 3.05) is 11.5 Å². The van der Waals surface area contributed by atoms with Gasteiger partial charge in [0.1, 0.15) is 11.4 Å². The van der Waals surface area contributed by atoms with Crippen molar-refractivity contribution >= 4 is 49.9 Å². The Morgan fingerprint density at radius 3 is 2.70 bits per heavy atom. The molecule has 0 saturated carbocycles. The van der Waals surface area contributed by atoms with Crippen LogP contribution in [0.25, 0.3) is 15.2 Å². The summed E-state index contributed by atoms with van der Waals surface area (Å²) in [7, 11) is 2.73. The van der Waals surface area contributed by atoms with Crippen molar-refractivity contribution in [2.24, 2.45) is 14.1 Å². The number of rotatable bonds is 4. The lowest BCUT2D eigenvalue weighted by atomic mass is 10.2. The Bertz CT molecular complexity index is 1330. The maximum atomic E-state index is 12.7. The summed E-state index contributed by atoms with van der Waals surface area (Å²) in [6.07, 6.45) is 0. The van der Waals surface area contributed by atoms with Crippen molar-refractivity contribution in [1.29, 1.82) is 0 Å². The Kier molecular flexibility index (Phi) is 4.12. The van der Waals surface area contributed by atoms with Gasteiger partial charge in [-0.15, -0.1) is 10.2 Å². The predicted octanol–water partition coefficient (Wildman–Crippen LogP) is 0.899. The molecule has 4 rings (SSSR count). The summed E-state index contributed by atoms with van der Waals surface area (Å²) in [5.74, 6) is -0.658. The molecule has 0 amide bonds. The molecule has 2 N–H and O–H groups in total. The zero-order valence-electron chi connectivity index (χ0n) is 14.4. The number of thioether (sulfide) groups is 1. The van der Waals surface area contributed by atoms with Gasteiger partial charge in [-0.2, -0.15) is 0 Å². The molecular formula is C16H14N6O3S2. The number of anilines is 1. The van der Waals surface area contributed by atoms with Crippen molar-refractivity contribution < 1.29 is 4.79 Å². The second-order valence-corrected chi connectivity index (χ2v) is 7.80. The van der Waals surface area contributed by atoms with Crippen molar-refractivity contribution in [3.05, 3.63) is 50.7 Å². The Hall–Kier alpha value is -2.92. The first-order chi connectivity index (χ1) is 12.9. The van der Waals surface area contributed by atoms with Gasteiger partial charge in [-0.05, 0) is 12.1 Å². The van der Waals surface area contributed by atoms with Gasteiger partial charge in [-0.3, -0.25) is 23.1 Å². The van der Waals surface area contributed by atoms with Crippen molar-refractivity contribution in [3.8, 4) is 0 Å². The molecule has 0 saturated heterocycles. The van der Waals surface area contributed by atoms with E-state index < -0.39 is 17.0 Å². The van der Waals surface area contributed by atoms with E-state index in [1.165, 1.54) is 37.2 Å². The first kappa shape index (κ1) is 17.5. The molecule has 1 aromatic carbocycles. The van der Waals surface area contributed by atoms with Gasteiger partial charge in [0.2, 0.25) is 4.96 Å². The van der Waals surface area contributed by atoms with Crippen molar-refractivity contribution in [1.82, 2.24) is 23.7 Å². The predicted molar refractivity (Wildman–Crippen MR) is 105 cm³/mol. The highest BCUT2D eigenvalue weighted by atomic mass is 32.2. The first-order valence-corrected chi connectivity index (χ1v) is 9.64. The number of fused-ring (bicyclic) bond motifs is 3. The highest BCUT2D eigenvalue weighted by Crippen LogP contribution is 2.29. The molecule has 138 valence electrons. The van der Waals surface area contributed by atoms with E-state index in [-0.39, 0.29) is 17.1 Å². The summed E-state index contributed by atoms with van der Waals surface area (Å²) in [5, 5.41) is 8.83. The van der Waals surface area contributed by atoms with Gasteiger partial charge in [-0.1, -0.05) is 35.2 Å². The standard InChI is InChI=1S/C16H14N6O3S2/c1-20-12(17)11(13(24)21(2)16(20)25)9(23)7-26-14-18-19-15-22(14)8-5-3-4-6-10(8)27-15/h3-6H,7,17H2,1-2H3. The fourth-order valence-corrected chi connectivity index (χ4v) is 4.61. The lowest BCUT2D eigenvalue weighted by molar-refractivity contribution is 0.102. The third-order valence-electron chi connectivity index (χ3n) is 4.23. The van der Waals surface area contributed by atoms with Crippen LogP contribution in [0.3, 0.4) is 0 Å². The number of thiazole rings is 1. The molecule has 0 fully saturated rings. The van der Waals surface area contributed by atoms with Gasteiger partial charge in [0.25, 0.3) is 5.56 Å². The molecule has 0 unspecified atom stereocenters. The highest BCUT2D eigenvalue weighted by Gasteiger charge is 2.21. The third kappa shape index (κ3) is 2.66. The van der Waals surface area contributed by atoms with E-state index in [1.54, 1.807) is 0 Å². The van der Waals surface area contributed by atoms with Gasteiger partial charge in [0.15, 0.2) is 10.9 Å². The van der Waals surface area contributed by atoms with Crippen LogP contribution in [0.5, 0.6) is 0 Å². The highest BCUT2D eigenvalue weighted by molar-refractivity contribution is 7.99. The molecule has 0 atom stereocenters. The Labute approximate surface area is 160 Å². The molecule has 0 bridgehead atoms. The fraction of sp³-hybridized carbons (Fsp3) is 0.188. The van der Waals surface area contributed by atoms with Crippen molar-refractivity contribution in [2.45, 2.75) is 5.16 Å². The van der Waals surface area contributed by atoms with E-state index in [4.69, 9.17) is 5.73 Å². The van der Waals surface area contributed by atoms with Crippen LogP contribution in [0.4, 0.5) is 5.82 Å². The minimum Gasteiger partial charge on any atom is -0.384 e. The smallest absolute Gasteiger partial charge is 0.332 e. The number of benzene rings is 1. The van der Waals surface area contributed by atoms with E-state index >= 15 is 0 Å². The van der Waals surface area contributed by atoms with Gasteiger partial charge in [0, 0.05) is 14.1 Å². The van der Waals surface area contributed by atoms with Gasteiger partial charge >= 0.3 is 5.69 Å². The number of aromatic nitrogens is 5. The van der Waals surface area contributed by atoms with Gasteiger partial charge < -0.3 is 5.73 Å². The van der Waals surface area contributed by atoms with Crippen LogP contribution in [0, 0.1) is 0 Å². The van der Waals surface area contributed by atoms with Crippen molar-refractivity contribution in [3.63, 3.8) is 0 Å². The molecular weight excluding hydrogens is 388 g/mol. The van der Waals surface area contributed by atoms with Crippen LogP contribution in [0.2, 0.25) is 0 Å². The monoisotopic (exact) mass is 402 g/mol. The summed E-state index contributed by atoms with van der Waals surface area (Å²) in [4.78, 5) is 37.6. The van der Waals surface area contributed by atoms with Crippen LogP contribution < -0.4 is 17.0 Å². The number of para-hydroxylation sites is 1. The minimum absolute atomic E-state index is 0.0530.